The molecular weight excluding hydrogens is 214 g/mol. The van der Waals surface area contributed by atoms with E-state index in [-0.39, 0.29) is 30.6 Å². The van der Waals surface area contributed by atoms with Crippen LogP contribution in [0.25, 0.3) is 0 Å². The lowest BCUT2D eigenvalue weighted by Crippen LogP contribution is -2.27. The number of benzene rings is 1. The molecule has 15 heavy (non-hydrogen) atoms. The zero-order valence-corrected chi connectivity index (χ0v) is 8.96. The molecule has 0 fully saturated rings. The average Bonchev–Trinajstić information content (AvgIpc) is 2.25. The molecule has 82 valence electrons. The second-order valence-corrected chi connectivity index (χ2v) is 3.85. The van der Waals surface area contributed by atoms with E-state index in [1.807, 2.05) is 0 Å². The lowest BCUT2D eigenvalue weighted by molar-refractivity contribution is -0.118. The van der Waals surface area contributed by atoms with E-state index in [4.69, 9.17) is 5.11 Å². The highest BCUT2D eigenvalue weighted by Gasteiger charge is 2.04. The van der Waals surface area contributed by atoms with Crippen molar-refractivity contribution >= 4 is 17.7 Å². The standard InChI is InChI=1S/C10H13NO3S/c12-6-5-11-10(14)7-15-9-4-2-1-3-8(9)13/h1-4,12-13H,5-7H2,(H,11,14). The van der Waals surface area contributed by atoms with Gasteiger partial charge in [0.1, 0.15) is 5.75 Å². The van der Waals surface area contributed by atoms with Crippen LogP contribution in [0.3, 0.4) is 0 Å². The monoisotopic (exact) mass is 227 g/mol. The molecule has 0 saturated carbocycles. The highest BCUT2D eigenvalue weighted by Crippen LogP contribution is 2.27. The third kappa shape index (κ3) is 4.22. The Kier molecular flexibility index (Phi) is 5.00. The summed E-state index contributed by atoms with van der Waals surface area (Å²) in [7, 11) is 0. The average molecular weight is 227 g/mol. The minimum atomic E-state index is -0.155. The van der Waals surface area contributed by atoms with Crippen molar-refractivity contribution in [3.8, 4) is 5.75 Å². The first-order valence-corrected chi connectivity index (χ1v) is 5.51. The first kappa shape index (κ1) is 11.9. The fraction of sp³-hybridized carbons (Fsp3) is 0.300. The fourth-order valence-electron chi connectivity index (χ4n) is 0.969. The first-order valence-electron chi connectivity index (χ1n) is 4.52. The maximum absolute atomic E-state index is 11.2. The quantitative estimate of drug-likeness (QED) is 0.644. The molecule has 0 aliphatic rings. The highest BCUT2D eigenvalue weighted by atomic mass is 32.2. The van der Waals surface area contributed by atoms with Gasteiger partial charge >= 0.3 is 0 Å². The van der Waals surface area contributed by atoms with Gasteiger partial charge in [0.2, 0.25) is 5.91 Å². The zero-order chi connectivity index (χ0) is 11.1. The van der Waals surface area contributed by atoms with E-state index < -0.39 is 0 Å². The van der Waals surface area contributed by atoms with Crippen molar-refractivity contribution in [1.82, 2.24) is 5.32 Å². The molecular formula is C10H13NO3S. The number of carbonyl (C=O) groups excluding carboxylic acids is 1. The van der Waals surface area contributed by atoms with E-state index in [0.717, 1.165) is 0 Å². The molecule has 1 aromatic rings. The van der Waals surface area contributed by atoms with Crippen molar-refractivity contribution < 1.29 is 15.0 Å². The molecule has 1 rings (SSSR count). The van der Waals surface area contributed by atoms with Crippen LogP contribution in [0.5, 0.6) is 5.75 Å². The Bertz CT molecular complexity index is 330. The van der Waals surface area contributed by atoms with Crippen molar-refractivity contribution in [3.05, 3.63) is 24.3 Å². The summed E-state index contributed by atoms with van der Waals surface area (Å²) in [5.41, 5.74) is 0. The molecule has 0 saturated heterocycles. The molecule has 0 bridgehead atoms. The van der Waals surface area contributed by atoms with Crippen LogP contribution in [-0.2, 0) is 4.79 Å². The number of carbonyl (C=O) groups is 1. The molecule has 4 nitrogen and oxygen atoms in total. The van der Waals surface area contributed by atoms with Gasteiger partial charge in [-0.1, -0.05) is 12.1 Å². The van der Waals surface area contributed by atoms with E-state index in [9.17, 15) is 9.90 Å². The number of phenolic OH excluding ortho intramolecular Hbond substituents is 1. The predicted octanol–water partition coefficient (Wildman–Crippen LogP) is 0.593. The van der Waals surface area contributed by atoms with Crippen LogP contribution in [0.4, 0.5) is 0 Å². The number of phenols is 1. The van der Waals surface area contributed by atoms with Crippen LogP contribution >= 0.6 is 11.8 Å². The van der Waals surface area contributed by atoms with Gasteiger partial charge in [-0.15, -0.1) is 11.8 Å². The normalized spacial score (nSPS) is 9.93. The maximum Gasteiger partial charge on any atom is 0.230 e. The molecule has 0 atom stereocenters. The summed E-state index contributed by atoms with van der Waals surface area (Å²) in [5, 5.41) is 20.4. The Morgan fingerprint density at radius 3 is 2.80 bits per heavy atom. The number of rotatable bonds is 5. The lowest BCUT2D eigenvalue weighted by Gasteiger charge is -2.04. The summed E-state index contributed by atoms with van der Waals surface area (Å²) in [4.78, 5) is 11.8. The van der Waals surface area contributed by atoms with Crippen LogP contribution in [0.2, 0.25) is 0 Å². The van der Waals surface area contributed by atoms with Crippen molar-refractivity contribution in [3.63, 3.8) is 0 Å². The second kappa shape index (κ2) is 6.31. The second-order valence-electron chi connectivity index (χ2n) is 2.83. The zero-order valence-electron chi connectivity index (χ0n) is 8.14. The molecule has 0 aliphatic heterocycles. The van der Waals surface area contributed by atoms with Crippen LogP contribution in [0.1, 0.15) is 0 Å². The van der Waals surface area contributed by atoms with Crippen LogP contribution in [0.15, 0.2) is 29.2 Å². The van der Waals surface area contributed by atoms with E-state index >= 15 is 0 Å². The minimum Gasteiger partial charge on any atom is -0.507 e. The third-order valence-electron chi connectivity index (χ3n) is 1.66. The van der Waals surface area contributed by atoms with Gasteiger partial charge in [-0.25, -0.2) is 0 Å². The van der Waals surface area contributed by atoms with Gasteiger partial charge in [0, 0.05) is 11.4 Å². The van der Waals surface area contributed by atoms with Crippen molar-refractivity contribution in [2.45, 2.75) is 4.90 Å². The number of hydrogen-bond acceptors (Lipinski definition) is 4. The highest BCUT2D eigenvalue weighted by molar-refractivity contribution is 8.00. The Morgan fingerprint density at radius 1 is 1.40 bits per heavy atom. The Balaban J connectivity index is 2.37. The third-order valence-corrected chi connectivity index (χ3v) is 2.72. The number of hydrogen-bond donors (Lipinski definition) is 3. The Hall–Kier alpha value is -1.20. The lowest BCUT2D eigenvalue weighted by atomic mass is 10.3. The maximum atomic E-state index is 11.2. The number of thioether (sulfide) groups is 1. The first-order chi connectivity index (χ1) is 7.24. The summed E-state index contributed by atoms with van der Waals surface area (Å²) in [5.74, 6) is 0.257. The van der Waals surface area contributed by atoms with Crippen LogP contribution in [-0.4, -0.2) is 35.0 Å². The number of aliphatic hydroxyl groups is 1. The van der Waals surface area contributed by atoms with Gasteiger partial charge in [0.05, 0.1) is 12.4 Å². The summed E-state index contributed by atoms with van der Waals surface area (Å²) in [6, 6.07) is 6.85. The van der Waals surface area contributed by atoms with Gasteiger partial charge in [-0.05, 0) is 12.1 Å². The van der Waals surface area contributed by atoms with Crippen molar-refractivity contribution in [2.75, 3.05) is 18.9 Å². The molecule has 5 heteroatoms. The molecule has 0 aliphatic carbocycles. The topological polar surface area (TPSA) is 69.6 Å². The van der Waals surface area contributed by atoms with E-state index in [1.165, 1.54) is 11.8 Å². The molecule has 0 radical (unpaired) electrons. The van der Waals surface area contributed by atoms with Gasteiger partial charge in [0.15, 0.2) is 0 Å². The summed E-state index contributed by atoms with van der Waals surface area (Å²) in [6.45, 7) is 0.202. The molecule has 3 N–H and O–H groups in total. The number of amides is 1. The number of aliphatic hydroxyl groups excluding tert-OH is 1. The van der Waals surface area contributed by atoms with Crippen LogP contribution in [0, 0.1) is 0 Å². The van der Waals surface area contributed by atoms with Crippen molar-refractivity contribution in [1.29, 1.82) is 0 Å². The molecule has 0 heterocycles. The van der Waals surface area contributed by atoms with Gasteiger partial charge in [-0.2, -0.15) is 0 Å². The molecule has 0 unspecified atom stereocenters. The van der Waals surface area contributed by atoms with Gasteiger partial charge < -0.3 is 15.5 Å². The minimum absolute atomic E-state index is 0.0625. The van der Waals surface area contributed by atoms with Crippen LogP contribution < -0.4 is 5.32 Å². The van der Waals surface area contributed by atoms with Gasteiger partial charge in [0.25, 0.3) is 0 Å². The Morgan fingerprint density at radius 2 is 2.13 bits per heavy atom. The number of aromatic hydroxyl groups is 1. The summed E-state index contributed by atoms with van der Waals surface area (Å²) >= 11 is 1.26. The van der Waals surface area contributed by atoms with Gasteiger partial charge in [-0.3, -0.25) is 4.79 Å². The molecule has 1 amide bonds. The molecule has 0 spiro atoms. The van der Waals surface area contributed by atoms with E-state index in [1.54, 1.807) is 24.3 Å². The largest absolute Gasteiger partial charge is 0.507 e. The Labute approximate surface area is 92.3 Å². The molecule has 0 aromatic heterocycles. The SMILES string of the molecule is O=C(CSc1ccccc1O)NCCO. The van der Waals surface area contributed by atoms with Crippen molar-refractivity contribution in [2.24, 2.45) is 0 Å². The summed E-state index contributed by atoms with van der Waals surface area (Å²) < 4.78 is 0. The number of nitrogens with one attached hydrogen (secondary N) is 1. The number of para-hydroxylation sites is 1. The predicted molar refractivity (Wildman–Crippen MR) is 58.9 cm³/mol. The molecule has 1 aromatic carbocycles. The fourth-order valence-corrected chi connectivity index (χ4v) is 1.75. The van der Waals surface area contributed by atoms with E-state index in [2.05, 4.69) is 5.32 Å². The summed E-state index contributed by atoms with van der Waals surface area (Å²) in [6.07, 6.45) is 0. The van der Waals surface area contributed by atoms with E-state index in [0.29, 0.717) is 4.90 Å². The smallest absolute Gasteiger partial charge is 0.230 e.